The van der Waals surface area contributed by atoms with Crippen LogP contribution in [-0.2, 0) is 6.42 Å². The van der Waals surface area contributed by atoms with E-state index in [1.807, 2.05) is 24.3 Å². The van der Waals surface area contributed by atoms with Gasteiger partial charge in [0, 0.05) is 30.8 Å². The van der Waals surface area contributed by atoms with Crippen LogP contribution in [0.25, 0.3) is 11.4 Å². The van der Waals surface area contributed by atoms with Crippen molar-refractivity contribution in [2.45, 2.75) is 12.8 Å². The average molecular weight is 307 g/mol. The van der Waals surface area contributed by atoms with Gasteiger partial charge in [0.2, 0.25) is 0 Å². The Bertz CT molecular complexity index is 738. The molecule has 0 aliphatic rings. The van der Waals surface area contributed by atoms with Crippen molar-refractivity contribution >= 4 is 5.91 Å². The topological polar surface area (TPSA) is 83.6 Å². The Morgan fingerprint density at radius 2 is 2.04 bits per heavy atom. The molecule has 6 heteroatoms. The van der Waals surface area contributed by atoms with Gasteiger partial charge in [-0.25, -0.2) is 0 Å². The molecule has 3 aromatic heterocycles. The van der Waals surface area contributed by atoms with E-state index < -0.39 is 0 Å². The first-order chi connectivity index (χ1) is 11.3. The van der Waals surface area contributed by atoms with Gasteiger partial charge in [0.05, 0.1) is 17.0 Å². The molecule has 0 unspecified atom stereocenters. The van der Waals surface area contributed by atoms with Crippen molar-refractivity contribution in [2.75, 3.05) is 6.54 Å². The smallest absolute Gasteiger partial charge is 0.252 e. The number of aromatic amines is 1. The molecular weight excluding hydrogens is 290 g/mol. The van der Waals surface area contributed by atoms with Gasteiger partial charge in [-0.05, 0) is 43.2 Å². The summed E-state index contributed by atoms with van der Waals surface area (Å²) >= 11 is 0. The van der Waals surface area contributed by atoms with Gasteiger partial charge in [0.25, 0.3) is 5.91 Å². The van der Waals surface area contributed by atoms with E-state index in [1.165, 1.54) is 0 Å². The zero-order valence-electron chi connectivity index (χ0n) is 12.6. The second kappa shape index (κ2) is 7.31. The van der Waals surface area contributed by atoms with Crippen LogP contribution in [0.15, 0.2) is 55.0 Å². The van der Waals surface area contributed by atoms with Crippen molar-refractivity contribution in [1.29, 1.82) is 0 Å². The normalized spacial score (nSPS) is 10.4. The minimum Gasteiger partial charge on any atom is -0.352 e. The van der Waals surface area contributed by atoms with E-state index in [2.05, 4.69) is 25.5 Å². The highest BCUT2D eigenvalue weighted by molar-refractivity contribution is 5.94. The molecule has 0 aliphatic heterocycles. The number of carbonyl (C=O) groups excluding carboxylic acids is 1. The van der Waals surface area contributed by atoms with E-state index in [9.17, 15) is 4.79 Å². The Hall–Kier alpha value is -3.02. The molecule has 0 radical (unpaired) electrons. The van der Waals surface area contributed by atoms with Gasteiger partial charge in [-0.3, -0.25) is 19.9 Å². The minimum absolute atomic E-state index is 0.116. The summed E-state index contributed by atoms with van der Waals surface area (Å²) in [4.78, 5) is 20.6. The molecule has 0 bridgehead atoms. The number of hydrogen-bond acceptors (Lipinski definition) is 4. The van der Waals surface area contributed by atoms with Crippen molar-refractivity contribution in [3.8, 4) is 11.4 Å². The molecular formula is C17H17N5O. The molecule has 3 aromatic rings. The Balaban J connectivity index is 1.48. The molecule has 0 saturated carbocycles. The lowest BCUT2D eigenvalue weighted by molar-refractivity contribution is 0.0953. The van der Waals surface area contributed by atoms with Gasteiger partial charge < -0.3 is 5.32 Å². The number of carbonyl (C=O) groups is 1. The predicted molar refractivity (Wildman–Crippen MR) is 86.7 cm³/mol. The first-order valence-corrected chi connectivity index (χ1v) is 7.47. The van der Waals surface area contributed by atoms with Crippen molar-refractivity contribution < 1.29 is 4.79 Å². The third-order valence-electron chi connectivity index (χ3n) is 3.42. The van der Waals surface area contributed by atoms with Crippen LogP contribution in [0.5, 0.6) is 0 Å². The molecule has 0 spiro atoms. The number of H-pyrrole nitrogens is 1. The van der Waals surface area contributed by atoms with Crippen LogP contribution in [0.4, 0.5) is 0 Å². The van der Waals surface area contributed by atoms with E-state index in [0.29, 0.717) is 12.1 Å². The van der Waals surface area contributed by atoms with Gasteiger partial charge in [-0.2, -0.15) is 5.10 Å². The SMILES string of the molecule is O=C(NCCCc1ccccn1)c1ccc(-c2ccn[nH]2)nc1. The Morgan fingerprint density at radius 3 is 2.74 bits per heavy atom. The summed E-state index contributed by atoms with van der Waals surface area (Å²) in [7, 11) is 0. The lowest BCUT2D eigenvalue weighted by atomic mass is 10.2. The van der Waals surface area contributed by atoms with Gasteiger partial charge >= 0.3 is 0 Å². The summed E-state index contributed by atoms with van der Waals surface area (Å²) in [6.45, 7) is 0.609. The highest BCUT2D eigenvalue weighted by Gasteiger charge is 2.07. The van der Waals surface area contributed by atoms with E-state index in [0.717, 1.165) is 29.9 Å². The molecule has 23 heavy (non-hydrogen) atoms. The molecule has 1 amide bonds. The van der Waals surface area contributed by atoms with Gasteiger partial charge in [0.1, 0.15) is 0 Å². The molecule has 3 heterocycles. The maximum atomic E-state index is 12.1. The second-order valence-electron chi connectivity index (χ2n) is 5.08. The van der Waals surface area contributed by atoms with E-state index in [1.54, 1.807) is 30.7 Å². The van der Waals surface area contributed by atoms with Crippen LogP contribution in [0.2, 0.25) is 0 Å². The van der Waals surface area contributed by atoms with Crippen molar-refractivity contribution in [2.24, 2.45) is 0 Å². The Kier molecular flexibility index (Phi) is 4.73. The zero-order valence-corrected chi connectivity index (χ0v) is 12.6. The van der Waals surface area contributed by atoms with Crippen LogP contribution in [0.3, 0.4) is 0 Å². The van der Waals surface area contributed by atoms with Crippen molar-refractivity contribution in [1.82, 2.24) is 25.5 Å². The largest absolute Gasteiger partial charge is 0.352 e. The number of pyridine rings is 2. The van der Waals surface area contributed by atoms with Gasteiger partial charge in [0.15, 0.2) is 0 Å². The molecule has 2 N–H and O–H groups in total. The number of hydrogen-bond donors (Lipinski definition) is 2. The zero-order chi connectivity index (χ0) is 15.9. The predicted octanol–water partition coefficient (Wildman–Crippen LogP) is 2.23. The molecule has 0 fully saturated rings. The summed E-state index contributed by atoms with van der Waals surface area (Å²) in [6.07, 6.45) is 6.71. The number of aryl methyl sites for hydroxylation is 1. The minimum atomic E-state index is -0.116. The monoisotopic (exact) mass is 307 g/mol. The highest BCUT2D eigenvalue weighted by Crippen LogP contribution is 2.13. The van der Waals surface area contributed by atoms with E-state index >= 15 is 0 Å². The molecule has 6 nitrogen and oxygen atoms in total. The van der Waals surface area contributed by atoms with Crippen LogP contribution >= 0.6 is 0 Å². The number of amides is 1. The number of nitrogens with zero attached hydrogens (tertiary/aromatic N) is 3. The van der Waals surface area contributed by atoms with E-state index in [-0.39, 0.29) is 5.91 Å². The van der Waals surface area contributed by atoms with Gasteiger partial charge in [-0.15, -0.1) is 0 Å². The first kappa shape index (κ1) is 14.9. The summed E-state index contributed by atoms with van der Waals surface area (Å²) in [5, 5.41) is 9.62. The van der Waals surface area contributed by atoms with Crippen molar-refractivity contribution in [3.05, 3.63) is 66.2 Å². The first-order valence-electron chi connectivity index (χ1n) is 7.47. The lowest BCUT2D eigenvalue weighted by Gasteiger charge is -2.05. The quantitative estimate of drug-likeness (QED) is 0.684. The standard InChI is InChI=1S/C17H17N5O/c23-17(19-10-3-5-14-4-1-2-9-18-14)13-6-7-15(20-12-13)16-8-11-21-22-16/h1-2,4,6-9,11-12H,3,5,10H2,(H,19,23)(H,21,22). The molecule has 0 atom stereocenters. The molecule has 3 rings (SSSR count). The molecule has 0 aliphatic carbocycles. The summed E-state index contributed by atoms with van der Waals surface area (Å²) < 4.78 is 0. The third kappa shape index (κ3) is 4.00. The Morgan fingerprint density at radius 1 is 1.09 bits per heavy atom. The van der Waals surface area contributed by atoms with Crippen LogP contribution < -0.4 is 5.32 Å². The highest BCUT2D eigenvalue weighted by atomic mass is 16.1. The average Bonchev–Trinajstić information content (AvgIpc) is 3.14. The fourth-order valence-electron chi connectivity index (χ4n) is 2.21. The van der Waals surface area contributed by atoms with Gasteiger partial charge in [-0.1, -0.05) is 6.07 Å². The lowest BCUT2D eigenvalue weighted by Crippen LogP contribution is -2.24. The fourth-order valence-corrected chi connectivity index (χ4v) is 2.21. The number of nitrogens with one attached hydrogen (secondary N) is 2. The molecule has 0 saturated heterocycles. The van der Waals surface area contributed by atoms with Crippen LogP contribution in [-0.4, -0.2) is 32.6 Å². The van der Waals surface area contributed by atoms with E-state index in [4.69, 9.17) is 0 Å². The maximum Gasteiger partial charge on any atom is 0.252 e. The number of rotatable bonds is 6. The van der Waals surface area contributed by atoms with Crippen LogP contribution in [0.1, 0.15) is 22.5 Å². The summed E-state index contributed by atoms with van der Waals surface area (Å²) in [6, 6.07) is 11.2. The Labute approximate surface area is 134 Å². The summed E-state index contributed by atoms with van der Waals surface area (Å²) in [5.74, 6) is -0.116. The molecule has 116 valence electrons. The fraction of sp³-hybridized carbons (Fsp3) is 0.176. The summed E-state index contributed by atoms with van der Waals surface area (Å²) in [5.41, 5.74) is 3.17. The van der Waals surface area contributed by atoms with Crippen LogP contribution in [0, 0.1) is 0 Å². The second-order valence-corrected chi connectivity index (χ2v) is 5.08. The maximum absolute atomic E-state index is 12.1. The number of aromatic nitrogens is 4. The molecule has 0 aromatic carbocycles. The van der Waals surface area contributed by atoms with Crippen molar-refractivity contribution in [3.63, 3.8) is 0 Å². The third-order valence-corrected chi connectivity index (χ3v) is 3.42.